The van der Waals surface area contributed by atoms with E-state index in [4.69, 9.17) is 0 Å². The SMILES string of the molecule is CN(C)[C@H]1CCCN(CC(c2cccc(OC(F)(F)F)c2)C2(O)CCCCC2)C1. The number of hydrogen-bond donors (Lipinski definition) is 1. The largest absolute Gasteiger partial charge is 0.573 e. The number of piperidine rings is 1. The molecule has 1 saturated carbocycles. The molecule has 7 heteroatoms. The molecule has 2 aliphatic rings. The number of ether oxygens (including phenoxy) is 1. The third-order valence-corrected chi connectivity index (χ3v) is 6.51. The normalized spacial score (nSPS) is 24.4. The van der Waals surface area contributed by atoms with Gasteiger partial charge in [-0.25, -0.2) is 0 Å². The van der Waals surface area contributed by atoms with Gasteiger partial charge in [0.25, 0.3) is 0 Å². The van der Waals surface area contributed by atoms with Crippen LogP contribution in [0, 0.1) is 0 Å². The van der Waals surface area contributed by atoms with Crippen LogP contribution in [0.1, 0.15) is 56.4 Å². The van der Waals surface area contributed by atoms with Gasteiger partial charge in [0.15, 0.2) is 0 Å². The number of benzene rings is 1. The van der Waals surface area contributed by atoms with E-state index in [1.807, 2.05) is 6.07 Å². The van der Waals surface area contributed by atoms with Crippen molar-refractivity contribution in [2.24, 2.45) is 0 Å². The quantitative estimate of drug-likeness (QED) is 0.749. The molecule has 1 aliphatic carbocycles. The molecule has 2 atom stereocenters. The first-order valence-corrected chi connectivity index (χ1v) is 10.6. The van der Waals surface area contributed by atoms with E-state index in [2.05, 4.69) is 28.6 Å². The Kier molecular flexibility index (Phi) is 7.12. The van der Waals surface area contributed by atoms with Crippen LogP contribution in [0.25, 0.3) is 0 Å². The zero-order valence-electron chi connectivity index (χ0n) is 17.4. The molecular formula is C22H33F3N2O2. The predicted molar refractivity (Wildman–Crippen MR) is 107 cm³/mol. The van der Waals surface area contributed by atoms with Crippen LogP contribution in [0.15, 0.2) is 24.3 Å². The van der Waals surface area contributed by atoms with E-state index in [1.54, 1.807) is 6.07 Å². The highest BCUT2D eigenvalue weighted by atomic mass is 19.4. The molecule has 29 heavy (non-hydrogen) atoms. The molecule has 0 bridgehead atoms. The van der Waals surface area contributed by atoms with Crippen molar-refractivity contribution in [2.75, 3.05) is 33.7 Å². The Morgan fingerprint density at radius 3 is 2.59 bits per heavy atom. The number of nitrogens with zero attached hydrogens (tertiary/aromatic N) is 2. The van der Waals surface area contributed by atoms with E-state index in [0.29, 0.717) is 25.4 Å². The lowest BCUT2D eigenvalue weighted by molar-refractivity contribution is -0.274. The van der Waals surface area contributed by atoms with Crippen LogP contribution in [0.5, 0.6) is 5.75 Å². The van der Waals surface area contributed by atoms with Gasteiger partial charge < -0.3 is 19.6 Å². The Labute approximate surface area is 171 Å². The number of halogens is 3. The van der Waals surface area contributed by atoms with E-state index in [1.165, 1.54) is 12.1 Å². The average Bonchev–Trinajstić information content (AvgIpc) is 2.65. The summed E-state index contributed by atoms with van der Waals surface area (Å²) in [4.78, 5) is 4.59. The number of aliphatic hydroxyl groups is 1. The van der Waals surface area contributed by atoms with Gasteiger partial charge in [-0.1, -0.05) is 31.4 Å². The molecule has 0 aromatic heterocycles. The summed E-state index contributed by atoms with van der Waals surface area (Å²) >= 11 is 0. The lowest BCUT2D eigenvalue weighted by Gasteiger charge is -2.44. The Morgan fingerprint density at radius 2 is 1.93 bits per heavy atom. The fourth-order valence-corrected chi connectivity index (χ4v) is 4.90. The molecule has 1 N–H and O–H groups in total. The van der Waals surface area contributed by atoms with Gasteiger partial charge in [0.05, 0.1) is 5.60 Å². The predicted octanol–water partition coefficient (Wildman–Crippen LogP) is 4.39. The summed E-state index contributed by atoms with van der Waals surface area (Å²) in [6, 6.07) is 6.66. The molecule has 1 saturated heterocycles. The molecule has 1 heterocycles. The molecule has 1 aromatic carbocycles. The van der Waals surface area contributed by atoms with Crippen molar-refractivity contribution >= 4 is 0 Å². The van der Waals surface area contributed by atoms with Crippen molar-refractivity contribution in [1.82, 2.24) is 9.80 Å². The highest BCUT2D eigenvalue weighted by Gasteiger charge is 2.40. The Bertz CT molecular complexity index is 660. The van der Waals surface area contributed by atoms with Gasteiger partial charge >= 0.3 is 6.36 Å². The minimum atomic E-state index is -4.72. The standard InChI is InChI=1S/C22H33F3N2O2/c1-26(2)18-9-7-13-27(15-18)16-20(21(28)11-4-3-5-12-21)17-8-6-10-19(14-17)29-22(23,24)25/h6,8,10,14,18,20,28H,3-5,7,9,11-13,15-16H2,1-2H3/t18-,20?/m0/s1. The molecule has 1 unspecified atom stereocenters. The third-order valence-electron chi connectivity index (χ3n) is 6.51. The highest BCUT2D eigenvalue weighted by molar-refractivity contribution is 5.33. The Morgan fingerprint density at radius 1 is 1.21 bits per heavy atom. The molecule has 1 aliphatic heterocycles. The van der Waals surface area contributed by atoms with E-state index >= 15 is 0 Å². The van der Waals surface area contributed by atoms with Gasteiger partial charge in [-0.05, 0) is 64.0 Å². The van der Waals surface area contributed by atoms with Gasteiger partial charge in [-0.3, -0.25) is 0 Å². The number of alkyl halides is 3. The zero-order chi connectivity index (χ0) is 21.1. The van der Waals surface area contributed by atoms with Gasteiger partial charge in [0, 0.05) is 25.0 Å². The number of hydrogen-bond acceptors (Lipinski definition) is 4. The minimum Gasteiger partial charge on any atom is -0.406 e. The zero-order valence-corrected chi connectivity index (χ0v) is 17.4. The first kappa shape index (κ1) is 22.4. The smallest absolute Gasteiger partial charge is 0.406 e. The van der Waals surface area contributed by atoms with Crippen molar-refractivity contribution in [3.8, 4) is 5.75 Å². The maximum atomic E-state index is 12.7. The highest BCUT2D eigenvalue weighted by Crippen LogP contribution is 2.42. The van der Waals surface area contributed by atoms with Crippen LogP contribution in [0.2, 0.25) is 0 Å². The Hall–Kier alpha value is -1.31. The van der Waals surface area contributed by atoms with Gasteiger partial charge in [-0.15, -0.1) is 13.2 Å². The van der Waals surface area contributed by atoms with Crippen molar-refractivity contribution in [2.45, 2.75) is 68.9 Å². The summed E-state index contributed by atoms with van der Waals surface area (Å²) in [5, 5.41) is 11.5. The van der Waals surface area contributed by atoms with Crippen LogP contribution in [-0.2, 0) is 0 Å². The molecule has 0 amide bonds. The molecule has 2 fully saturated rings. The summed E-state index contributed by atoms with van der Waals surface area (Å²) < 4.78 is 42.3. The van der Waals surface area contributed by atoms with Gasteiger partial charge in [0.2, 0.25) is 0 Å². The topological polar surface area (TPSA) is 35.9 Å². The summed E-state index contributed by atoms with van der Waals surface area (Å²) in [5.41, 5.74) is -0.164. The summed E-state index contributed by atoms with van der Waals surface area (Å²) in [6.07, 6.45) is 1.89. The van der Waals surface area contributed by atoms with E-state index < -0.39 is 12.0 Å². The second kappa shape index (κ2) is 9.23. The Balaban J connectivity index is 1.85. The van der Waals surface area contributed by atoms with Crippen molar-refractivity contribution < 1.29 is 23.0 Å². The summed E-state index contributed by atoms with van der Waals surface area (Å²) in [6.45, 7) is 2.52. The lowest BCUT2D eigenvalue weighted by atomic mass is 9.72. The summed E-state index contributed by atoms with van der Waals surface area (Å²) in [5.74, 6) is -0.454. The van der Waals surface area contributed by atoms with E-state index in [-0.39, 0.29) is 11.7 Å². The summed E-state index contributed by atoms with van der Waals surface area (Å²) in [7, 11) is 4.16. The van der Waals surface area contributed by atoms with Crippen LogP contribution < -0.4 is 4.74 Å². The van der Waals surface area contributed by atoms with Crippen molar-refractivity contribution in [3.05, 3.63) is 29.8 Å². The van der Waals surface area contributed by atoms with E-state index in [0.717, 1.165) is 50.8 Å². The first-order chi connectivity index (χ1) is 13.7. The van der Waals surface area contributed by atoms with E-state index in [9.17, 15) is 18.3 Å². The molecule has 3 rings (SSSR count). The van der Waals surface area contributed by atoms with Crippen molar-refractivity contribution in [1.29, 1.82) is 0 Å². The maximum absolute atomic E-state index is 12.7. The first-order valence-electron chi connectivity index (χ1n) is 10.6. The molecule has 0 radical (unpaired) electrons. The fraction of sp³-hybridized carbons (Fsp3) is 0.727. The average molecular weight is 415 g/mol. The lowest BCUT2D eigenvalue weighted by Crippen LogP contribution is -2.50. The maximum Gasteiger partial charge on any atom is 0.573 e. The van der Waals surface area contributed by atoms with Gasteiger partial charge in [-0.2, -0.15) is 0 Å². The molecule has 4 nitrogen and oxygen atoms in total. The van der Waals surface area contributed by atoms with Crippen LogP contribution in [0.4, 0.5) is 13.2 Å². The van der Waals surface area contributed by atoms with Gasteiger partial charge in [0.1, 0.15) is 5.75 Å². The van der Waals surface area contributed by atoms with Crippen LogP contribution >= 0.6 is 0 Å². The number of rotatable bonds is 6. The minimum absolute atomic E-state index is 0.218. The number of likely N-dealkylation sites (N-methyl/N-ethyl adjacent to an activating group) is 1. The second-order valence-electron chi connectivity index (χ2n) is 8.86. The third kappa shape index (κ3) is 6.09. The molecular weight excluding hydrogens is 381 g/mol. The van der Waals surface area contributed by atoms with Crippen molar-refractivity contribution in [3.63, 3.8) is 0 Å². The second-order valence-corrected chi connectivity index (χ2v) is 8.86. The molecule has 164 valence electrons. The van der Waals surface area contributed by atoms with Crippen LogP contribution in [0.3, 0.4) is 0 Å². The molecule has 1 aromatic rings. The fourth-order valence-electron chi connectivity index (χ4n) is 4.90. The number of likely N-dealkylation sites (tertiary alicyclic amines) is 1. The van der Waals surface area contributed by atoms with Crippen LogP contribution in [-0.4, -0.2) is 66.6 Å². The monoisotopic (exact) mass is 414 g/mol. The molecule has 0 spiro atoms.